The fraction of sp³-hybridized carbons (Fsp3) is 0. The van der Waals surface area contributed by atoms with Crippen LogP contribution in [0.1, 0.15) is 0 Å². The molecule has 232 valence electrons. The van der Waals surface area contributed by atoms with Crippen molar-refractivity contribution in [1.82, 2.24) is 0 Å². The van der Waals surface area contributed by atoms with Gasteiger partial charge in [-0.2, -0.15) is 0 Å². The van der Waals surface area contributed by atoms with Gasteiger partial charge in [0.1, 0.15) is 0 Å². The first-order chi connectivity index (χ1) is 13.9. The number of carbonyl (C=O) groups excluding carboxylic acids is 6. The van der Waals surface area contributed by atoms with Crippen LogP contribution in [0.2, 0.25) is 0 Å². The molecule has 0 aliphatic rings. The topological polar surface area (TPSA) is 572 Å². The molecule has 0 rings (SSSR count). The van der Waals surface area contributed by atoms with Crippen molar-refractivity contribution in [2.45, 2.75) is 0 Å². The van der Waals surface area contributed by atoms with Gasteiger partial charge in [-0.3, -0.25) is 25.3 Å². The van der Waals surface area contributed by atoms with Gasteiger partial charge in [0.15, 0.2) is 0 Å². The van der Waals surface area contributed by atoms with Crippen molar-refractivity contribution in [3.8, 4) is 0 Å². The van der Waals surface area contributed by atoms with Crippen molar-refractivity contribution in [1.29, 1.82) is 0 Å². The summed E-state index contributed by atoms with van der Waals surface area (Å²) < 4.78 is 102. The normalized spacial score (nSPS) is 6.65. The Morgan fingerprint density at radius 2 is 0.304 bits per heavy atom. The summed E-state index contributed by atoms with van der Waals surface area (Å²) in [7, 11) is -15.5. The van der Waals surface area contributed by atoms with Crippen molar-refractivity contribution in [3.05, 3.63) is 0 Å². The fourth-order valence-corrected chi connectivity index (χ4v) is 0. The van der Waals surface area contributed by atoms with Crippen LogP contribution in [0.3, 0.4) is 0 Å². The van der Waals surface area contributed by atoms with Crippen LogP contribution in [-0.2, 0) is 60.0 Å². The minimum absolute atomic E-state index is 0. The summed E-state index contributed by atoms with van der Waals surface area (Å²) in [5.41, 5.74) is 0. The Morgan fingerprint density at radius 3 is 0.304 bits per heavy atom. The van der Waals surface area contributed by atoms with Crippen LogP contribution >= 0.6 is 0 Å². The molecule has 3 N–H and O–H groups in total. The maximum atomic E-state index is 8.93. The van der Waals surface area contributed by atoms with E-state index >= 15 is 0 Å². The molecule has 0 saturated carbocycles. The van der Waals surface area contributed by atoms with Gasteiger partial charge < -0.3 is 103 Å². The Balaban J connectivity index is -0.0000000106. The monoisotopic (exact) mass is 858 g/mol. The Bertz CT molecular complexity index is 819. The zero-order valence-corrected chi connectivity index (χ0v) is 26.5. The van der Waals surface area contributed by atoms with Gasteiger partial charge in [-0.1, -0.05) is 0 Å². The van der Waals surface area contributed by atoms with Gasteiger partial charge in [0, 0.05) is 31.2 Å². The van der Waals surface area contributed by atoms with Crippen molar-refractivity contribution < 1.29 is 128 Å². The minimum Gasteiger partial charge on any atom is -0.870 e. The van der Waals surface area contributed by atoms with E-state index in [1.54, 1.807) is 0 Å². The average Bonchev–Trinajstić information content (AvgIpc) is 2.42. The van der Waals surface area contributed by atoms with E-state index < -0.39 is 67.0 Å². The average molecular weight is 858 g/mol. The summed E-state index contributed by atoms with van der Waals surface area (Å²) in [5.74, 6) is -13.1. The van der Waals surface area contributed by atoms with Gasteiger partial charge in [0.05, 0.1) is 35.8 Å². The SMILES string of the molecule is O=C([O-])C(=O)[O-].O=C([O-])C(=O)[O-].O=C([O-])C(=O)[O-].O=S(=O)([O-])[O-].O=S(=O)([O-])[O-].O=S(=O)([O-])[O-].[Al+3].[Al+3].[Al+3].[Al+3].[Al+3].[NaH].[NaH].[NaH].[NaH].[NaH].[OH-].[OH-].[OH-]. The van der Waals surface area contributed by atoms with E-state index in [-0.39, 0.29) is 251 Å². The largest absolute Gasteiger partial charge is 0.870 e. The van der Waals surface area contributed by atoms with Crippen LogP contribution in [0.5, 0.6) is 0 Å². The molecule has 0 aliphatic heterocycles. The molecule has 0 unspecified atom stereocenters. The van der Waals surface area contributed by atoms with Gasteiger partial charge in [0.25, 0.3) is 0 Å². The Hall–Kier alpha value is 3.97. The van der Waals surface area contributed by atoms with E-state index in [9.17, 15) is 0 Å². The van der Waals surface area contributed by atoms with Gasteiger partial charge in [0.2, 0.25) is 0 Å². The number of rotatable bonds is 0. The third kappa shape index (κ3) is 415. The van der Waals surface area contributed by atoms with Crippen molar-refractivity contribution in [3.63, 3.8) is 0 Å². The number of hydrogen-bond acceptors (Lipinski definition) is 27. The van der Waals surface area contributed by atoms with Crippen LogP contribution in [0.25, 0.3) is 0 Å². The van der Waals surface area contributed by atoms with Crippen LogP contribution < -0.4 is 30.6 Å². The maximum absolute atomic E-state index is 8.93. The predicted octanol–water partition coefficient (Wildman–Crippen LogP) is -20.2. The summed E-state index contributed by atoms with van der Waals surface area (Å²) in [6, 6.07) is 0. The molecule has 0 fully saturated rings. The zero-order valence-electron chi connectivity index (χ0n) is 18.3. The molecule has 0 bridgehead atoms. The standard InChI is InChI=1S/3C2H2O4.5Al.5Na.3H2O4S.3H2O.5H/c3*3-1(4)2(5)6;;;;;;;;;;;3*1-5(2,3)4;;;;;;;;/h3*(H,3,4)(H,5,6);;;;;;;;;;;3*(H2,1,2,3,4);3*1H2;;;;;/q;;;5*+3;;;;;;;;;;;;;;;;/p-15. The van der Waals surface area contributed by atoms with Crippen molar-refractivity contribution >= 4 is 302 Å². The number of aliphatic carboxylic acids is 6. The van der Waals surface area contributed by atoms with Gasteiger partial charge in [-0.05, 0) is 0 Å². The second-order valence-corrected chi connectivity index (χ2v) is 5.40. The summed E-state index contributed by atoms with van der Waals surface area (Å²) in [4.78, 5) is 53.6. The summed E-state index contributed by atoms with van der Waals surface area (Å²) in [6.45, 7) is 0. The van der Waals surface area contributed by atoms with Crippen LogP contribution in [0.4, 0.5) is 0 Å². The zero-order chi connectivity index (χ0) is 29.0. The second kappa shape index (κ2) is 70.5. The molecular weight excluding hydrogens is 850 g/mol. The smallest absolute Gasteiger partial charge is 0.870 e. The molecule has 0 aromatic rings. The first-order valence-corrected chi connectivity index (χ1v) is 9.20. The molecule has 0 aromatic heterocycles. The quantitative estimate of drug-likeness (QED) is 0.0944. The summed E-state index contributed by atoms with van der Waals surface area (Å²) in [6.07, 6.45) is 0. The first kappa shape index (κ1) is 125. The number of hydrogen-bond donors (Lipinski definition) is 0. The predicted molar refractivity (Wildman–Crippen MR) is 132 cm³/mol. The Labute approximate surface area is 422 Å². The summed E-state index contributed by atoms with van der Waals surface area (Å²) in [5, 5.41) is 53.6. The Kier molecular flexibility index (Phi) is 192. The molecule has 0 amide bonds. The fourth-order valence-electron chi connectivity index (χ4n) is 0. The number of carboxylic acid groups (broad SMARTS) is 6. The third-order valence-corrected chi connectivity index (χ3v) is 0.500. The minimum atomic E-state index is -5.17. The van der Waals surface area contributed by atoms with E-state index in [1.165, 1.54) is 0 Å². The molecule has 0 radical (unpaired) electrons. The molecule has 0 aliphatic carbocycles. The molecule has 27 nitrogen and oxygen atoms in total. The molecule has 0 aromatic carbocycles. The van der Waals surface area contributed by atoms with E-state index in [0.717, 1.165) is 0 Å². The van der Waals surface area contributed by atoms with E-state index in [2.05, 4.69) is 0 Å². The number of carbonyl (C=O) groups is 6. The molecule has 0 heterocycles. The second-order valence-electron chi connectivity index (χ2n) is 2.95. The molecule has 0 atom stereocenters. The Morgan fingerprint density at radius 1 is 0.283 bits per heavy atom. The number of carboxylic acids is 6. The van der Waals surface area contributed by atoms with E-state index in [0.29, 0.717) is 0 Å². The van der Waals surface area contributed by atoms with E-state index in [1.807, 2.05) is 0 Å². The third-order valence-electron chi connectivity index (χ3n) is 0.500. The molecular formula is C6H8Al5Na5O27S3. The van der Waals surface area contributed by atoms with Crippen LogP contribution in [0.15, 0.2) is 0 Å². The molecule has 0 saturated heterocycles. The molecule has 46 heavy (non-hydrogen) atoms. The van der Waals surface area contributed by atoms with E-state index in [4.69, 9.17) is 112 Å². The van der Waals surface area contributed by atoms with Crippen molar-refractivity contribution in [2.75, 3.05) is 0 Å². The van der Waals surface area contributed by atoms with Gasteiger partial charge >= 0.3 is 235 Å². The van der Waals surface area contributed by atoms with Crippen LogP contribution in [0, 0.1) is 0 Å². The molecule has 0 spiro atoms. The maximum Gasteiger partial charge on any atom is -0.870 e. The first-order valence-electron chi connectivity index (χ1n) is 5.20. The summed E-state index contributed by atoms with van der Waals surface area (Å²) >= 11 is 0. The van der Waals surface area contributed by atoms with Crippen LogP contribution in [-0.4, -0.2) is 339 Å². The van der Waals surface area contributed by atoms with Gasteiger partial charge in [-0.25, -0.2) is 0 Å². The van der Waals surface area contributed by atoms with Gasteiger partial charge in [-0.15, -0.1) is 0 Å². The molecule has 40 heteroatoms. The van der Waals surface area contributed by atoms with Crippen molar-refractivity contribution in [2.24, 2.45) is 0 Å².